The van der Waals surface area contributed by atoms with Crippen LogP contribution in [-0.4, -0.2) is 5.91 Å². The van der Waals surface area contributed by atoms with Crippen molar-refractivity contribution in [2.45, 2.75) is 40.5 Å². The Hall–Kier alpha value is -0.530. The standard InChI is InChI=1S/C9H19NO/c1-5-9(3,4)6-7(2)8(10)11/h7H,5-6H2,1-4H3,(H2,10,11). The molecule has 0 saturated heterocycles. The Balaban J connectivity index is 3.93. The second-order valence-corrected chi connectivity index (χ2v) is 4.03. The minimum Gasteiger partial charge on any atom is -0.369 e. The largest absolute Gasteiger partial charge is 0.369 e. The number of rotatable bonds is 4. The summed E-state index contributed by atoms with van der Waals surface area (Å²) in [6, 6.07) is 0. The van der Waals surface area contributed by atoms with Crippen LogP contribution < -0.4 is 5.73 Å². The molecule has 0 aromatic rings. The highest BCUT2D eigenvalue weighted by Crippen LogP contribution is 2.28. The lowest BCUT2D eigenvalue weighted by atomic mass is 9.81. The molecular formula is C9H19NO. The first kappa shape index (κ1) is 10.5. The highest BCUT2D eigenvalue weighted by Gasteiger charge is 2.21. The summed E-state index contributed by atoms with van der Waals surface area (Å²) in [6.45, 7) is 8.34. The predicted octanol–water partition coefficient (Wildman–Crippen LogP) is 1.93. The molecule has 2 nitrogen and oxygen atoms in total. The maximum absolute atomic E-state index is 10.7. The van der Waals surface area contributed by atoms with Crippen LogP contribution in [-0.2, 0) is 4.79 Å². The lowest BCUT2D eigenvalue weighted by Gasteiger charge is -2.24. The summed E-state index contributed by atoms with van der Waals surface area (Å²) in [5.74, 6) is -0.184. The van der Waals surface area contributed by atoms with Gasteiger partial charge < -0.3 is 5.73 Å². The Morgan fingerprint density at radius 3 is 2.27 bits per heavy atom. The van der Waals surface area contributed by atoms with Gasteiger partial charge in [0.25, 0.3) is 0 Å². The first-order chi connectivity index (χ1) is 4.89. The zero-order chi connectivity index (χ0) is 9.07. The molecule has 0 radical (unpaired) electrons. The first-order valence-electron chi connectivity index (χ1n) is 4.18. The Labute approximate surface area is 69.2 Å². The van der Waals surface area contributed by atoms with Crippen LogP contribution in [0.4, 0.5) is 0 Å². The van der Waals surface area contributed by atoms with E-state index in [4.69, 9.17) is 5.73 Å². The van der Waals surface area contributed by atoms with Gasteiger partial charge in [-0.1, -0.05) is 34.1 Å². The van der Waals surface area contributed by atoms with Gasteiger partial charge >= 0.3 is 0 Å². The second-order valence-electron chi connectivity index (χ2n) is 4.03. The van der Waals surface area contributed by atoms with Crippen LogP contribution in [0.5, 0.6) is 0 Å². The number of carbonyl (C=O) groups excluding carboxylic acids is 1. The quantitative estimate of drug-likeness (QED) is 0.665. The van der Waals surface area contributed by atoms with Gasteiger partial charge in [-0.15, -0.1) is 0 Å². The minimum absolute atomic E-state index is 0.00458. The van der Waals surface area contributed by atoms with Gasteiger partial charge in [0.2, 0.25) is 5.91 Å². The van der Waals surface area contributed by atoms with Gasteiger partial charge in [0, 0.05) is 5.92 Å². The lowest BCUT2D eigenvalue weighted by molar-refractivity contribution is -0.122. The van der Waals surface area contributed by atoms with Gasteiger partial charge in [0.05, 0.1) is 0 Å². The number of primary amides is 1. The fourth-order valence-electron chi connectivity index (χ4n) is 1.07. The van der Waals surface area contributed by atoms with Gasteiger partial charge in [0.15, 0.2) is 0 Å². The summed E-state index contributed by atoms with van der Waals surface area (Å²) in [7, 11) is 0. The van der Waals surface area contributed by atoms with E-state index >= 15 is 0 Å². The molecule has 1 unspecified atom stereocenters. The van der Waals surface area contributed by atoms with Crippen LogP contribution in [0.15, 0.2) is 0 Å². The van der Waals surface area contributed by atoms with Crippen molar-refractivity contribution >= 4 is 5.91 Å². The van der Waals surface area contributed by atoms with Crippen LogP contribution in [0.1, 0.15) is 40.5 Å². The van der Waals surface area contributed by atoms with Crippen molar-refractivity contribution in [3.05, 3.63) is 0 Å². The highest BCUT2D eigenvalue weighted by atomic mass is 16.1. The Morgan fingerprint density at radius 1 is 1.55 bits per heavy atom. The summed E-state index contributed by atoms with van der Waals surface area (Å²) in [4.78, 5) is 10.7. The average molecular weight is 157 g/mol. The summed E-state index contributed by atoms with van der Waals surface area (Å²) in [6.07, 6.45) is 1.98. The maximum Gasteiger partial charge on any atom is 0.220 e. The molecule has 2 heteroatoms. The van der Waals surface area contributed by atoms with E-state index in [0.717, 1.165) is 12.8 Å². The van der Waals surface area contributed by atoms with Gasteiger partial charge in [-0.2, -0.15) is 0 Å². The number of nitrogens with two attached hydrogens (primary N) is 1. The van der Waals surface area contributed by atoms with E-state index in [1.54, 1.807) is 0 Å². The molecule has 0 fully saturated rings. The zero-order valence-electron chi connectivity index (χ0n) is 7.98. The third-order valence-electron chi connectivity index (χ3n) is 2.30. The van der Waals surface area contributed by atoms with Crippen LogP contribution in [0.25, 0.3) is 0 Å². The van der Waals surface area contributed by atoms with E-state index in [0.29, 0.717) is 0 Å². The Kier molecular flexibility index (Phi) is 3.56. The van der Waals surface area contributed by atoms with E-state index in [-0.39, 0.29) is 17.2 Å². The molecule has 0 aliphatic rings. The third kappa shape index (κ3) is 4.02. The Bertz CT molecular complexity index is 140. The topological polar surface area (TPSA) is 43.1 Å². The Morgan fingerprint density at radius 2 is 2.00 bits per heavy atom. The molecule has 0 aliphatic heterocycles. The molecule has 0 aromatic heterocycles. The van der Waals surface area contributed by atoms with E-state index in [2.05, 4.69) is 20.8 Å². The zero-order valence-corrected chi connectivity index (χ0v) is 7.98. The van der Waals surface area contributed by atoms with Crippen molar-refractivity contribution in [1.29, 1.82) is 0 Å². The fourth-order valence-corrected chi connectivity index (χ4v) is 1.07. The minimum atomic E-state index is -0.188. The average Bonchev–Trinajstić information content (AvgIpc) is 1.87. The monoisotopic (exact) mass is 157 g/mol. The van der Waals surface area contributed by atoms with Crippen LogP contribution in [0, 0.1) is 11.3 Å². The molecule has 0 heterocycles. The molecule has 2 N–H and O–H groups in total. The van der Waals surface area contributed by atoms with Crippen molar-refractivity contribution < 1.29 is 4.79 Å². The smallest absolute Gasteiger partial charge is 0.220 e. The van der Waals surface area contributed by atoms with E-state index in [9.17, 15) is 4.79 Å². The summed E-state index contributed by atoms with van der Waals surface area (Å²) >= 11 is 0. The SMILES string of the molecule is CCC(C)(C)CC(C)C(N)=O. The van der Waals surface area contributed by atoms with Crippen molar-refractivity contribution in [2.24, 2.45) is 17.1 Å². The molecule has 0 spiro atoms. The number of hydrogen-bond acceptors (Lipinski definition) is 1. The second kappa shape index (κ2) is 3.74. The summed E-state index contributed by atoms with van der Waals surface area (Å²) < 4.78 is 0. The van der Waals surface area contributed by atoms with Crippen LogP contribution in [0.3, 0.4) is 0 Å². The summed E-state index contributed by atoms with van der Waals surface area (Å²) in [5.41, 5.74) is 5.40. The van der Waals surface area contributed by atoms with E-state index in [1.165, 1.54) is 0 Å². The van der Waals surface area contributed by atoms with Crippen molar-refractivity contribution in [1.82, 2.24) is 0 Å². The summed E-state index contributed by atoms with van der Waals surface area (Å²) in [5, 5.41) is 0. The third-order valence-corrected chi connectivity index (χ3v) is 2.30. The molecule has 0 rings (SSSR count). The normalized spacial score (nSPS) is 14.5. The molecule has 0 bridgehead atoms. The molecule has 1 atom stereocenters. The number of carbonyl (C=O) groups is 1. The predicted molar refractivity (Wildman–Crippen MR) is 47.0 cm³/mol. The number of hydrogen-bond donors (Lipinski definition) is 1. The first-order valence-corrected chi connectivity index (χ1v) is 4.18. The van der Waals surface area contributed by atoms with Gasteiger partial charge in [-0.3, -0.25) is 4.79 Å². The van der Waals surface area contributed by atoms with Crippen LogP contribution >= 0.6 is 0 Å². The molecular weight excluding hydrogens is 138 g/mol. The van der Waals surface area contributed by atoms with Crippen molar-refractivity contribution in [3.8, 4) is 0 Å². The molecule has 66 valence electrons. The molecule has 11 heavy (non-hydrogen) atoms. The van der Waals surface area contributed by atoms with Gasteiger partial charge in [-0.05, 0) is 11.8 Å². The van der Waals surface area contributed by atoms with Crippen LogP contribution in [0.2, 0.25) is 0 Å². The van der Waals surface area contributed by atoms with Gasteiger partial charge in [0.1, 0.15) is 0 Å². The van der Waals surface area contributed by atoms with E-state index < -0.39 is 0 Å². The maximum atomic E-state index is 10.7. The van der Waals surface area contributed by atoms with Crippen molar-refractivity contribution in [3.63, 3.8) is 0 Å². The van der Waals surface area contributed by atoms with Crippen molar-refractivity contribution in [2.75, 3.05) is 0 Å². The van der Waals surface area contributed by atoms with Gasteiger partial charge in [-0.25, -0.2) is 0 Å². The van der Waals surface area contributed by atoms with E-state index in [1.807, 2.05) is 6.92 Å². The highest BCUT2D eigenvalue weighted by molar-refractivity contribution is 5.76. The molecule has 0 aliphatic carbocycles. The molecule has 1 amide bonds. The fraction of sp³-hybridized carbons (Fsp3) is 0.889. The lowest BCUT2D eigenvalue weighted by Crippen LogP contribution is -2.25. The molecule has 0 aromatic carbocycles. The number of amides is 1. The molecule has 0 saturated carbocycles.